The van der Waals surface area contributed by atoms with Crippen molar-refractivity contribution in [1.29, 1.82) is 0 Å². The Balaban J connectivity index is 2.92. The summed E-state index contributed by atoms with van der Waals surface area (Å²) in [6, 6.07) is 0.649. The van der Waals surface area contributed by atoms with E-state index in [0.29, 0.717) is 12.1 Å². The molecule has 0 radical (unpaired) electrons. The number of hydrogen-bond donors (Lipinski definition) is 2. The highest BCUT2D eigenvalue weighted by Crippen LogP contribution is 2.16. The van der Waals surface area contributed by atoms with Gasteiger partial charge in [-0.3, -0.25) is 5.10 Å². The van der Waals surface area contributed by atoms with Crippen molar-refractivity contribution < 1.29 is 0 Å². The molecule has 0 spiro atoms. The van der Waals surface area contributed by atoms with Crippen molar-refractivity contribution in [2.45, 2.75) is 52.7 Å². The molecule has 0 aromatic carbocycles. The molecule has 1 aromatic rings. The van der Waals surface area contributed by atoms with Crippen LogP contribution in [0.15, 0.2) is 0 Å². The fraction of sp³-hybridized carbons (Fsp3) is 0.800. The molecule has 0 fully saturated rings. The van der Waals surface area contributed by atoms with Gasteiger partial charge in [0, 0.05) is 12.1 Å². The molecule has 86 valence electrons. The van der Waals surface area contributed by atoms with E-state index in [1.165, 1.54) is 0 Å². The van der Waals surface area contributed by atoms with Crippen LogP contribution in [0.25, 0.3) is 0 Å². The third-order valence-electron chi connectivity index (χ3n) is 2.27. The highest BCUT2D eigenvalue weighted by Gasteiger charge is 2.19. The van der Waals surface area contributed by atoms with Crippen LogP contribution < -0.4 is 10.6 Å². The summed E-state index contributed by atoms with van der Waals surface area (Å²) in [5, 5.41) is 7.06. The molecule has 1 rings (SSSR count). The lowest BCUT2D eigenvalue weighted by Gasteiger charge is -2.29. The third-order valence-corrected chi connectivity index (χ3v) is 2.27. The summed E-state index contributed by atoms with van der Waals surface area (Å²) in [6.07, 6.45) is 0. The lowest BCUT2D eigenvalue weighted by Crippen LogP contribution is -2.37. The second-order valence-corrected chi connectivity index (χ2v) is 4.40. The van der Waals surface area contributed by atoms with Crippen molar-refractivity contribution in [2.24, 2.45) is 5.73 Å². The Hall–Kier alpha value is -1.10. The van der Waals surface area contributed by atoms with Crippen LogP contribution in [-0.4, -0.2) is 27.3 Å². The zero-order valence-corrected chi connectivity index (χ0v) is 10.2. The highest BCUT2D eigenvalue weighted by molar-refractivity contribution is 5.31. The van der Waals surface area contributed by atoms with E-state index in [1.807, 2.05) is 6.92 Å². The molecule has 5 nitrogen and oxygen atoms in total. The second-order valence-electron chi connectivity index (χ2n) is 4.40. The van der Waals surface area contributed by atoms with E-state index in [-0.39, 0.29) is 6.04 Å². The summed E-state index contributed by atoms with van der Waals surface area (Å²) in [5.41, 5.74) is 5.73. The molecule has 5 heteroatoms. The standard InChI is InChI=1S/C10H21N5/c1-6(2)15(7(3)4)10-12-9(8(5)11)13-14-10/h6-8H,11H2,1-5H3,(H,12,13,14)/t8-/m1/s1. The first-order chi connectivity index (χ1) is 6.93. The Kier molecular flexibility index (Phi) is 3.68. The summed E-state index contributed by atoms with van der Waals surface area (Å²) < 4.78 is 0. The first-order valence-electron chi connectivity index (χ1n) is 5.39. The van der Waals surface area contributed by atoms with E-state index in [1.54, 1.807) is 0 Å². The predicted octanol–water partition coefficient (Wildman–Crippen LogP) is 1.45. The maximum Gasteiger partial charge on any atom is 0.245 e. The van der Waals surface area contributed by atoms with Crippen LogP contribution in [0.3, 0.4) is 0 Å². The zero-order valence-electron chi connectivity index (χ0n) is 10.2. The van der Waals surface area contributed by atoms with Gasteiger partial charge in [-0.2, -0.15) is 4.98 Å². The number of anilines is 1. The quantitative estimate of drug-likeness (QED) is 0.790. The molecule has 1 aromatic heterocycles. The van der Waals surface area contributed by atoms with Gasteiger partial charge in [-0.05, 0) is 34.6 Å². The molecule has 0 aliphatic rings. The number of hydrogen-bond acceptors (Lipinski definition) is 4. The summed E-state index contributed by atoms with van der Waals surface area (Å²) >= 11 is 0. The van der Waals surface area contributed by atoms with Crippen molar-refractivity contribution in [1.82, 2.24) is 15.2 Å². The number of rotatable bonds is 4. The lowest BCUT2D eigenvalue weighted by atomic mass is 10.2. The van der Waals surface area contributed by atoms with Crippen molar-refractivity contribution in [2.75, 3.05) is 4.90 Å². The zero-order chi connectivity index (χ0) is 11.6. The molecular formula is C10H21N5. The fourth-order valence-electron chi connectivity index (χ4n) is 1.64. The lowest BCUT2D eigenvalue weighted by molar-refractivity contribution is 0.592. The molecule has 0 aliphatic carbocycles. The summed E-state index contributed by atoms with van der Waals surface area (Å²) in [4.78, 5) is 6.54. The van der Waals surface area contributed by atoms with E-state index in [2.05, 4.69) is 47.8 Å². The van der Waals surface area contributed by atoms with Crippen LogP contribution in [0.5, 0.6) is 0 Å². The van der Waals surface area contributed by atoms with Crippen LogP contribution in [0.2, 0.25) is 0 Å². The van der Waals surface area contributed by atoms with Crippen LogP contribution in [0.1, 0.15) is 46.5 Å². The Bertz CT molecular complexity index is 295. The third kappa shape index (κ3) is 2.68. The topological polar surface area (TPSA) is 70.8 Å². The largest absolute Gasteiger partial charge is 0.335 e. The number of nitrogens with zero attached hydrogens (tertiary/aromatic N) is 3. The molecule has 0 saturated heterocycles. The van der Waals surface area contributed by atoms with Crippen LogP contribution in [-0.2, 0) is 0 Å². The van der Waals surface area contributed by atoms with Gasteiger partial charge >= 0.3 is 0 Å². The van der Waals surface area contributed by atoms with Crippen molar-refractivity contribution >= 4 is 5.95 Å². The Morgan fingerprint density at radius 2 is 1.67 bits per heavy atom. The molecule has 1 atom stereocenters. The normalized spacial score (nSPS) is 13.6. The smallest absolute Gasteiger partial charge is 0.245 e. The Morgan fingerprint density at radius 3 is 2.00 bits per heavy atom. The number of aromatic nitrogens is 3. The van der Waals surface area contributed by atoms with Gasteiger partial charge in [0.25, 0.3) is 0 Å². The minimum atomic E-state index is -0.104. The average Bonchev–Trinajstić information content (AvgIpc) is 2.51. The van der Waals surface area contributed by atoms with Gasteiger partial charge in [0.05, 0.1) is 6.04 Å². The molecule has 3 N–H and O–H groups in total. The molecule has 0 amide bonds. The van der Waals surface area contributed by atoms with Crippen molar-refractivity contribution in [3.63, 3.8) is 0 Å². The van der Waals surface area contributed by atoms with Gasteiger partial charge in [-0.25, -0.2) is 0 Å². The average molecular weight is 211 g/mol. The number of aromatic amines is 1. The van der Waals surface area contributed by atoms with Gasteiger partial charge in [-0.1, -0.05) is 0 Å². The van der Waals surface area contributed by atoms with Gasteiger partial charge in [-0.15, -0.1) is 5.10 Å². The molecule has 0 unspecified atom stereocenters. The minimum absolute atomic E-state index is 0.104. The highest BCUT2D eigenvalue weighted by atomic mass is 15.4. The van der Waals surface area contributed by atoms with Crippen LogP contribution in [0.4, 0.5) is 5.95 Å². The minimum Gasteiger partial charge on any atom is -0.335 e. The van der Waals surface area contributed by atoms with Gasteiger partial charge < -0.3 is 10.6 Å². The first-order valence-corrected chi connectivity index (χ1v) is 5.39. The van der Waals surface area contributed by atoms with Crippen LogP contribution >= 0.6 is 0 Å². The Morgan fingerprint density at radius 1 is 1.13 bits per heavy atom. The monoisotopic (exact) mass is 211 g/mol. The van der Waals surface area contributed by atoms with E-state index >= 15 is 0 Å². The first kappa shape index (κ1) is 12.0. The van der Waals surface area contributed by atoms with E-state index in [9.17, 15) is 0 Å². The summed E-state index contributed by atoms with van der Waals surface area (Å²) in [5.74, 6) is 1.46. The summed E-state index contributed by atoms with van der Waals surface area (Å²) in [6.45, 7) is 10.4. The van der Waals surface area contributed by atoms with E-state index in [0.717, 1.165) is 11.8 Å². The van der Waals surface area contributed by atoms with E-state index < -0.39 is 0 Å². The van der Waals surface area contributed by atoms with E-state index in [4.69, 9.17) is 5.73 Å². The van der Waals surface area contributed by atoms with Gasteiger partial charge in [0.15, 0.2) is 0 Å². The van der Waals surface area contributed by atoms with Crippen molar-refractivity contribution in [3.05, 3.63) is 5.82 Å². The van der Waals surface area contributed by atoms with Gasteiger partial charge in [0.2, 0.25) is 5.95 Å². The molecule has 15 heavy (non-hydrogen) atoms. The molecule has 1 heterocycles. The van der Waals surface area contributed by atoms with Gasteiger partial charge in [0.1, 0.15) is 5.82 Å². The number of nitrogens with one attached hydrogen (secondary N) is 1. The maximum absolute atomic E-state index is 5.73. The number of H-pyrrole nitrogens is 1. The SMILES string of the molecule is CC(C)N(c1n[nH]c([C@@H](C)N)n1)C(C)C. The maximum atomic E-state index is 5.73. The molecule has 0 aliphatic heterocycles. The fourth-order valence-corrected chi connectivity index (χ4v) is 1.64. The number of nitrogens with two attached hydrogens (primary N) is 1. The molecule has 0 saturated carbocycles. The predicted molar refractivity (Wildman–Crippen MR) is 61.7 cm³/mol. The summed E-state index contributed by atoms with van der Waals surface area (Å²) in [7, 11) is 0. The van der Waals surface area contributed by atoms with Crippen LogP contribution in [0, 0.1) is 0 Å². The van der Waals surface area contributed by atoms with Crippen molar-refractivity contribution in [3.8, 4) is 0 Å². The molecule has 0 bridgehead atoms. The molecular weight excluding hydrogens is 190 g/mol. The Labute approximate surface area is 91.1 Å². The second kappa shape index (κ2) is 4.61.